The molecule has 0 heterocycles. The Balaban J connectivity index is 2.43. The monoisotopic (exact) mass is 197 g/mol. The van der Waals surface area contributed by atoms with Crippen LogP contribution in [-0.2, 0) is 0 Å². The second-order valence-electron chi connectivity index (χ2n) is 6.28. The molecule has 0 bridgehead atoms. The van der Waals surface area contributed by atoms with E-state index in [-0.39, 0.29) is 5.54 Å². The van der Waals surface area contributed by atoms with Gasteiger partial charge in [-0.3, -0.25) is 0 Å². The Hall–Kier alpha value is -0.0400. The average molecular weight is 197 g/mol. The number of hydrogen-bond acceptors (Lipinski definition) is 1. The van der Waals surface area contributed by atoms with Crippen LogP contribution in [0.25, 0.3) is 0 Å². The molecule has 1 aliphatic carbocycles. The number of hydrogen-bond donors (Lipinski definition) is 1. The van der Waals surface area contributed by atoms with Crippen molar-refractivity contribution in [2.45, 2.75) is 65.8 Å². The molecule has 0 aromatic carbocycles. The fourth-order valence-corrected chi connectivity index (χ4v) is 2.26. The Labute approximate surface area is 89.7 Å². The second-order valence-corrected chi connectivity index (χ2v) is 6.28. The third-order valence-corrected chi connectivity index (χ3v) is 3.41. The van der Waals surface area contributed by atoms with Crippen molar-refractivity contribution in [2.24, 2.45) is 11.3 Å². The SMILES string of the molecule is CCCC(C)(CNC(C)(C)C)C1CC1. The van der Waals surface area contributed by atoms with Gasteiger partial charge in [0.2, 0.25) is 0 Å². The van der Waals surface area contributed by atoms with Gasteiger partial charge in [0.05, 0.1) is 0 Å². The second kappa shape index (κ2) is 4.22. The molecule has 0 aromatic heterocycles. The number of rotatable bonds is 5. The summed E-state index contributed by atoms with van der Waals surface area (Å²) in [6.07, 6.45) is 5.62. The van der Waals surface area contributed by atoms with E-state index in [4.69, 9.17) is 0 Å². The van der Waals surface area contributed by atoms with Gasteiger partial charge in [-0.05, 0) is 51.4 Å². The van der Waals surface area contributed by atoms with Gasteiger partial charge < -0.3 is 5.32 Å². The maximum atomic E-state index is 3.67. The van der Waals surface area contributed by atoms with E-state index in [2.05, 4.69) is 39.9 Å². The minimum Gasteiger partial charge on any atom is -0.312 e. The molecule has 0 aromatic rings. The fourth-order valence-electron chi connectivity index (χ4n) is 2.26. The molecule has 1 heteroatoms. The summed E-state index contributed by atoms with van der Waals surface area (Å²) < 4.78 is 0. The van der Waals surface area contributed by atoms with Crippen molar-refractivity contribution in [2.75, 3.05) is 6.54 Å². The van der Waals surface area contributed by atoms with E-state index in [1.807, 2.05) is 0 Å². The van der Waals surface area contributed by atoms with Crippen LogP contribution in [0.4, 0.5) is 0 Å². The van der Waals surface area contributed by atoms with Crippen molar-refractivity contribution >= 4 is 0 Å². The Morgan fingerprint density at radius 1 is 1.14 bits per heavy atom. The first-order chi connectivity index (χ1) is 6.37. The molecule has 1 saturated carbocycles. The van der Waals surface area contributed by atoms with E-state index in [0.717, 1.165) is 5.92 Å². The first-order valence-electron chi connectivity index (χ1n) is 6.12. The molecule has 14 heavy (non-hydrogen) atoms. The van der Waals surface area contributed by atoms with E-state index >= 15 is 0 Å². The van der Waals surface area contributed by atoms with Crippen LogP contribution in [0.5, 0.6) is 0 Å². The molecule has 0 saturated heterocycles. The third-order valence-electron chi connectivity index (χ3n) is 3.41. The minimum atomic E-state index is 0.268. The average Bonchev–Trinajstić information content (AvgIpc) is 2.82. The molecule has 0 amide bonds. The van der Waals surface area contributed by atoms with Gasteiger partial charge in [0.1, 0.15) is 0 Å². The molecule has 1 unspecified atom stereocenters. The smallest absolute Gasteiger partial charge is 0.00967 e. The molecule has 1 rings (SSSR count). The first kappa shape index (κ1) is 12.0. The first-order valence-corrected chi connectivity index (χ1v) is 6.12. The quantitative estimate of drug-likeness (QED) is 0.710. The highest BCUT2D eigenvalue weighted by Crippen LogP contribution is 2.47. The molecule has 1 aliphatic rings. The van der Waals surface area contributed by atoms with E-state index in [1.165, 1.54) is 32.2 Å². The standard InChI is InChI=1S/C13H27N/c1-6-9-13(5,11-7-8-11)10-14-12(2,3)4/h11,14H,6-10H2,1-5H3. The fraction of sp³-hybridized carbons (Fsp3) is 1.00. The van der Waals surface area contributed by atoms with Gasteiger partial charge in [-0.15, -0.1) is 0 Å². The molecule has 0 spiro atoms. The molecule has 1 N–H and O–H groups in total. The van der Waals surface area contributed by atoms with Gasteiger partial charge >= 0.3 is 0 Å². The van der Waals surface area contributed by atoms with Crippen LogP contribution in [0.2, 0.25) is 0 Å². The zero-order valence-electron chi connectivity index (χ0n) is 10.6. The molecule has 0 radical (unpaired) electrons. The van der Waals surface area contributed by atoms with E-state index in [9.17, 15) is 0 Å². The van der Waals surface area contributed by atoms with Crippen LogP contribution in [0.1, 0.15) is 60.3 Å². The Bertz CT molecular complexity index is 176. The Morgan fingerprint density at radius 3 is 2.07 bits per heavy atom. The summed E-state index contributed by atoms with van der Waals surface area (Å²) in [7, 11) is 0. The van der Waals surface area contributed by atoms with Crippen molar-refractivity contribution in [3.05, 3.63) is 0 Å². The molecular weight excluding hydrogens is 170 g/mol. The Morgan fingerprint density at radius 2 is 1.71 bits per heavy atom. The summed E-state index contributed by atoms with van der Waals surface area (Å²) in [6, 6.07) is 0. The van der Waals surface area contributed by atoms with Crippen molar-refractivity contribution in [1.82, 2.24) is 5.32 Å². The highest BCUT2D eigenvalue weighted by Gasteiger charge is 2.40. The number of nitrogens with one attached hydrogen (secondary N) is 1. The van der Waals surface area contributed by atoms with Crippen LogP contribution in [0, 0.1) is 11.3 Å². The van der Waals surface area contributed by atoms with Gasteiger partial charge in [0.15, 0.2) is 0 Å². The van der Waals surface area contributed by atoms with Gasteiger partial charge in [-0.25, -0.2) is 0 Å². The van der Waals surface area contributed by atoms with Crippen molar-refractivity contribution in [1.29, 1.82) is 0 Å². The Kier molecular flexibility index (Phi) is 3.63. The van der Waals surface area contributed by atoms with Gasteiger partial charge in [-0.2, -0.15) is 0 Å². The predicted octanol–water partition coefficient (Wildman–Crippen LogP) is 3.59. The summed E-state index contributed by atoms with van der Waals surface area (Å²) in [5.74, 6) is 0.997. The van der Waals surface area contributed by atoms with Crippen LogP contribution < -0.4 is 5.32 Å². The predicted molar refractivity (Wildman–Crippen MR) is 63.5 cm³/mol. The molecule has 84 valence electrons. The lowest BCUT2D eigenvalue weighted by Gasteiger charge is -2.34. The minimum absolute atomic E-state index is 0.268. The molecule has 0 aliphatic heterocycles. The van der Waals surface area contributed by atoms with Crippen molar-refractivity contribution in [3.8, 4) is 0 Å². The molecular formula is C13H27N. The van der Waals surface area contributed by atoms with Crippen molar-refractivity contribution in [3.63, 3.8) is 0 Å². The van der Waals surface area contributed by atoms with Crippen molar-refractivity contribution < 1.29 is 0 Å². The summed E-state index contributed by atoms with van der Waals surface area (Å²) in [4.78, 5) is 0. The van der Waals surface area contributed by atoms with Gasteiger partial charge in [0.25, 0.3) is 0 Å². The normalized spacial score (nSPS) is 22.1. The summed E-state index contributed by atoms with van der Waals surface area (Å²) in [6.45, 7) is 12.7. The molecule has 1 fully saturated rings. The van der Waals surface area contributed by atoms with Crippen LogP contribution in [0.3, 0.4) is 0 Å². The summed E-state index contributed by atoms with van der Waals surface area (Å²) in [5, 5.41) is 3.67. The maximum Gasteiger partial charge on any atom is 0.00967 e. The zero-order chi connectivity index (χ0) is 10.8. The topological polar surface area (TPSA) is 12.0 Å². The van der Waals surface area contributed by atoms with E-state index in [0.29, 0.717) is 5.41 Å². The maximum absolute atomic E-state index is 3.67. The highest BCUT2D eigenvalue weighted by atomic mass is 15.0. The largest absolute Gasteiger partial charge is 0.312 e. The lowest BCUT2D eigenvalue weighted by atomic mass is 9.80. The lowest BCUT2D eigenvalue weighted by Crippen LogP contribution is -2.43. The van der Waals surface area contributed by atoms with Crippen LogP contribution in [0.15, 0.2) is 0 Å². The lowest BCUT2D eigenvalue weighted by molar-refractivity contribution is 0.210. The molecule has 1 nitrogen and oxygen atoms in total. The highest BCUT2D eigenvalue weighted by molar-refractivity contribution is 4.93. The van der Waals surface area contributed by atoms with Crippen LogP contribution in [-0.4, -0.2) is 12.1 Å². The molecule has 1 atom stereocenters. The zero-order valence-corrected chi connectivity index (χ0v) is 10.6. The van der Waals surface area contributed by atoms with Crippen LogP contribution >= 0.6 is 0 Å². The van der Waals surface area contributed by atoms with E-state index < -0.39 is 0 Å². The van der Waals surface area contributed by atoms with E-state index in [1.54, 1.807) is 0 Å². The third kappa shape index (κ3) is 3.61. The van der Waals surface area contributed by atoms with Gasteiger partial charge in [0, 0.05) is 12.1 Å². The summed E-state index contributed by atoms with van der Waals surface area (Å²) >= 11 is 0. The van der Waals surface area contributed by atoms with Gasteiger partial charge in [-0.1, -0.05) is 20.3 Å². The summed E-state index contributed by atoms with van der Waals surface area (Å²) in [5.41, 5.74) is 0.825.